The molecule has 3 rings (SSSR count). The summed E-state index contributed by atoms with van der Waals surface area (Å²) in [7, 11) is 0. The Morgan fingerprint density at radius 3 is 2.81 bits per heavy atom. The highest BCUT2D eigenvalue weighted by Gasteiger charge is 2.46. The molecule has 0 saturated carbocycles. The summed E-state index contributed by atoms with van der Waals surface area (Å²) in [4.78, 5) is 23.5. The third-order valence-corrected chi connectivity index (χ3v) is 4.77. The number of nitrogens with two attached hydrogens (primary N) is 2. The average molecular weight is 364 g/mol. The van der Waals surface area contributed by atoms with Crippen molar-refractivity contribution in [2.75, 3.05) is 12.3 Å². The summed E-state index contributed by atoms with van der Waals surface area (Å²) in [5.74, 6) is -0.431. The number of ether oxygens (including phenoxy) is 1. The second kappa shape index (κ2) is 7.16. The van der Waals surface area contributed by atoms with Crippen LogP contribution in [0.5, 0.6) is 0 Å². The summed E-state index contributed by atoms with van der Waals surface area (Å²) < 4.78 is 5.52. The minimum atomic E-state index is -1.10. The Kier molecular flexibility index (Phi) is 5.10. The number of fused-ring (bicyclic) bond motifs is 1. The van der Waals surface area contributed by atoms with Crippen LogP contribution in [0.4, 0.5) is 5.82 Å². The van der Waals surface area contributed by atoms with E-state index in [0.717, 1.165) is 0 Å². The van der Waals surface area contributed by atoms with Crippen LogP contribution in [0.2, 0.25) is 0 Å². The van der Waals surface area contributed by atoms with E-state index in [9.17, 15) is 15.0 Å². The SMILES string of the molecule is CC(C)[C@H](N)C(=O)OC1C(c2c[nH]c3c(N)ncnc23)NC(CO)C1O. The van der Waals surface area contributed by atoms with Crippen LogP contribution in [0.15, 0.2) is 12.5 Å². The van der Waals surface area contributed by atoms with Crippen molar-refractivity contribution in [3.63, 3.8) is 0 Å². The van der Waals surface area contributed by atoms with Gasteiger partial charge in [0, 0.05) is 11.8 Å². The molecule has 2 aromatic rings. The van der Waals surface area contributed by atoms with Crippen molar-refractivity contribution in [3.05, 3.63) is 18.1 Å². The van der Waals surface area contributed by atoms with Crippen LogP contribution in [0, 0.1) is 5.92 Å². The van der Waals surface area contributed by atoms with Crippen LogP contribution < -0.4 is 16.8 Å². The van der Waals surface area contributed by atoms with Crippen molar-refractivity contribution in [2.45, 2.75) is 44.2 Å². The highest BCUT2D eigenvalue weighted by Crippen LogP contribution is 2.34. The van der Waals surface area contributed by atoms with Crippen molar-refractivity contribution < 1.29 is 19.7 Å². The van der Waals surface area contributed by atoms with Crippen molar-refractivity contribution in [1.29, 1.82) is 0 Å². The molecule has 26 heavy (non-hydrogen) atoms. The van der Waals surface area contributed by atoms with Gasteiger partial charge in [-0.05, 0) is 5.92 Å². The molecule has 3 heterocycles. The van der Waals surface area contributed by atoms with E-state index in [0.29, 0.717) is 16.6 Å². The zero-order chi connectivity index (χ0) is 19.0. The summed E-state index contributed by atoms with van der Waals surface area (Å²) in [5, 5.41) is 23.1. The molecule has 1 aliphatic heterocycles. The average Bonchev–Trinajstić information content (AvgIpc) is 3.17. The number of hydrogen-bond donors (Lipinski definition) is 6. The van der Waals surface area contributed by atoms with Crippen molar-refractivity contribution in [3.8, 4) is 0 Å². The predicted octanol–water partition coefficient (Wildman–Crippen LogP) is -1.20. The molecule has 5 atom stereocenters. The number of aliphatic hydroxyl groups is 2. The molecule has 0 aliphatic carbocycles. The fourth-order valence-electron chi connectivity index (χ4n) is 3.12. The molecule has 1 fully saturated rings. The summed E-state index contributed by atoms with van der Waals surface area (Å²) in [6, 6.07) is -2.05. The van der Waals surface area contributed by atoms with Crippen molar-refractivity contribution in [1.82, 2.24) is 20.3 Å². The third-order valence-electron chi connectivity index (χ3n) is 4.77. The smallest absolute Gasteiger partial charge is 0.323 e. The van der Waals surface area contributed by atoms with Crippen LogP contribution in [-0.4, -0.2) is 62.0 Å². The second-order valence-electron chi connectivity index (χ2n) is 6.82. The number of aromatic nitrogens is 3. The zero-order valence-corrected chi connectivity index (χ0v) is 14.6. The van der Waals surface area contributed by atoms with Gasteiger partial charge in [-0.2, -0.15) is 0 Å². The Morgan fingerprint density at radius 2 is 2.15 bits per heavy atom. The van der Waals surface area contributed by atoms with Gasteiger partial charge >= 0.3 is 5.97 Å². The molecule has 142 valence electrons. The monoisotopic (exact) mass is 364 g/mol. The van der Waals surface area contributed by atoms with Gasteiger partial charge in [0.15, 0.2) is 5.82 Å². The van der Waals surface area contributed by atoms with Crippen LogP contribution in [-0.2, 0) is 9.53 Å². The molecule has 4 unspecified atom stereocenters. The Hall–Kier alpha value is -2.27. The van der Waals surface area contributed by atoms with Crippen molar-refractivity contribution in [2.24, 2.45) is 11.7 Å². The summed E-state index contributed by atoms with van der Waals surface area (Å²) in [6.45, 7) is 3.30. The number of carbonyl (C=O) groups is 1. The number of hydrogen-bond acceptors (Lipinski definition) is 9. The number of rotatable bonds is 5. The Balaban J connectivity index is 1.94. The maximum Gasteiger partial charge on any atom is 0.323 e. The first-order valence-corrected chi connectivity index (χ1v) is 8.43. The molecular formula is C16H24N6O4. The van der Waals surface area contributed by atoms with Gasteiger partial charge in [0.2, 0.25) is 0 Å². The third kappa shape index (κ3) is 3.12. The van der Waals surface area contributed by atoms with Gasteiger partial charge in [0.1, 0.15) is 30.1 Å². The molecule has 0 bridgehead atoms. The first-order valence-electron chi connectivity index (χ1n) is 8.43. The number of H-pyrrole nitrogens is 1. The number of carbonyl (C=O) groups excluding carboxylic acids is 1. The van der Waals surface area contributed by atoms with Gasteiger partial charge in [0.25, 0.3) is 0 Å². The first-order chi connectivity index (χ1) is 12.3. The van der Waals surface area contributed by atoms with Gasteiger partial charge in [0.05, 0.1) is 24.2 Å². The highest BCUT2D eigenvalue weighted by atomic mass is 16.6. The standard InChI is InChI=1S/C16H24N6O4/c1-6(2)9(17)16(25)26-14-11(22-8(4-23)13(14)24)7-3-19-12-10(7)20-5-21-15(12)18/h3,5-6,8-9,11,13-14,19,22-24H,4,17H2,1-2H3,(H2,18,20,21)/t8?,9-,11?,13?,14?/m0/s1. The number of nitrogens with zero attached hydrogens (tertiary/aromatic N) is 2. The van der Waals surface area contributed by atoms with Crippen LogP contribution in [0.1, 0.15) is 25.5 Å². The molecule has 1 saturated heterocycles. The highest BCUT2D eigenvalue weighted by molar-refractivity contribution is 5.87. The minimum absolute atomic E-state index is 0.110. The van der Waals surface area contributed by atoms with Gasteiger partial charge in [-0.3, -0.25) is 10.1 Å². The lowest BCUT2D eigenvalue weighted by molar-refractivity contribution is -0.157. The van der Waals surface area contributed by atoms with E-state index < -0.39 is 36.3 Å². The van der Waals surface area contributed by atoms with Gasteiger partial charge in [-0.25, -0.2) is 9.97 Å². The summed E-state index contributed by atoms with van der Waals surface area (Å²) in [6.07, 6.45) is 0.972. The number of nitrogen functional groups attached to an aromatic ring is 1. The molecule has 0 spiro atoms. The lowest BCUT2D eigenvalue weighted by Gasteiger charge is -2.24. The fourth-order valence-corrected chi connectivity index (χ4v) is 3.12. The molecule has 0 amide bonds. The zero-order valence-electron chi connectivity index (χ0n) is 14.6. The lowest BCUT2D eigenvalue weighted by atomic mass is 10.0. The van der Waals surface area contributed by atoms with E-state index in [4.69, 9.17) is 16.2 Å². The Morgan fingerprint density at radius 1 is 1.42 bits per heavy atom. The topological polar surface area (TPSA) is 172 Å². The Labute approximate surface area is 149 Å². The van der Waals surface area contributed by atoms with E-state index in [1.807, 2.05) is 13.8 Å². The van der Waals surface area contributed by atoms with Gasteiger partial charge in [-0.1, -0.05) is 13.8 Å². The number of aliphatic hydroxyl groups excluding tert-OH is 2. The molecule has 10 nitrogen and oxygen atoms in total. The normalized spacial score (nSPS) is 27.2. The summed E-state index contributed by atoms with van der Waals surface area (Å²) in [5.41, 5.74) is 13.5. The molecule has 0 aromatic carbocycles. The fraction of sp³-hybridized carbons (Fsp3) is 0.562. The lowest BCUT2D eigenvalue weighted by Crippen LogP contribution is -2.43. The van der Waals surface area contributed by atoms with Gasteiger partial charge in [-0.15, -0.1) is 0 Å². The van der Waals surface area contributed by atoms with Crippen LogP contribution in [0.3, 0.4) is 0 Å². The number of nitrogens with one attached hydrogen (secondary N) is 2. The number of aromatic amines is 1. The van der Waals surface area contributed by atoms with E-state index in [1.54, 1.807) is 6.20 Å². The second-order valence-corrected chi connectivity index (χ2v) is 6.82. The van der Waals surface area contributed by atoms with E-state index in [-0.39, 0.29) is 18.3 Å². The summed E-state index contributed by atoms with van der Waals surface area (Å²) >= 11 is 0. The quantitative estimate of drug-likeness (QED) is 0.356. The van der Waals surface area contributed by atoms with E-state index in [2.05, 4.69) is 20.3 Å². The van der Waals surface area contributed by atoms with Crippen LogP contribution in [0.25, 0.3) is 11.0 Å². The maximum absolute atomic E-state index is 12.3. The Bertz CT molecular complexity index is 794. The van der Waals surface area contributed by atoms with Gasteiger partial charge < -0.3 is 31.4 Å². The minimum Gasteiger partial charge on any atom is -0.456 e. The molecule has 10 heteroatoms. The number of anilines is 1. The molecule has 0 radical (unpaired) electrons. The van der Waals surface area contributed by atoms with Crippen molar-refractivity contribution >= 4 is 22.8 Å². The first kappa shape index (κ1) is 18.5. The molecular weight excluding hydrogens is 340 g/mol. The van der Waals surface area contributed by atoms with E-state index in [1.165, 1.54) is 6.33 Å². The molecule has 8 N–H and O–H groups in total. The largest absolute Gasteiger partial charge is 0.456 e. The predicted molar refractivity (Wildman–Crippen MR) is 93.8 cm³/mol. The molecule has 2 aromatic heterocycles. The maximum atomic E-state index is 12.3. The van der Waals surface area contributed by atoms with E-state index >= 15 is 0 Å². The van der Waals surface area contributed by atoms with Crippen LogP contribution >= 0.6 is 0 Å². The molecule has 1 aliphatic rings. The number of esters is 1.